The molecule has 2 aliphatic heterocycles. The summed E-state index contributed by atoms with van der Waals surface area (Å²) in [5, 5.41) is 3.16. The molecule has 5 saturated carbocycles. The SMILES string of the molecule is O=C1/C(=C/C=C2\SC3CCC(C4CCCCC4)CC3N2CCCS(=O)(=O)O)CC/C1=C\C=C1/SC2CCC(C3CCCCC3)CC2N1CCCS(=O)(=O)O. The minimum atomic E-state index is -4.03. The van der Waals surface area contributed by atoms with Gasteiger partial charge in [0.05, 0.1) is 21.6 Å². The number of carbonyl (C=O) groups is 1. The number of carbonyl (C=O) groups excluding carboxylic acids is 1. The smallest absolute Gasteiger partial charge is 0.264 e. The molecule has 0 aromatic carbocycles. The predicted octanol–water partition coefficient (Wildman–Crippen LogP) is 8.77. The largest absolute Gasteiger partial charge is 0.362 e. The van der Waals surface area contributed by atoms with Crippen LogP contribution in [-0.2, 0) is 25.0 Å². The van der Waals surface area contributed by atoms with Crippen LogP contribution in [0.5, 0.6) is 0 Å². The van der Waals surface area contributed by atoms with E-state index in [1.165, 1.54) is 77.0 Å². The van der Waals surface area contributed by atoms with E-state index in [0.717, 1.165) is 58.7 Å². The van der Waals surface area contributed by atoms with Crippen molar-refractivity contribution in [1.82, 2.24) is 9.80 Å². The summed E-state index contributed by atoms with van der Waals surface area (Å²) in [5.74, 6) is 2.61. The summed E-state index contributed by atoms with van der Waals surface area (Å²) in [6, 6.07) is 0.711. The molecule has 2 heterocycles. The van der Waals surface area contributed by atoms with E-state index in [9.17, 15) is 30.7 Å². The van der Waals surface area contributed by atoms with E-state index in [1.54, 1.807) is 0 Å². The lowest BCUT2D eigenvalue weighted by atomic mass is 9.72. The summed E-state index contributed by atoms with van der Waals surface area (Å²) in [6.45, 7) is 1.16. The number of thioether (sulfide) groups is 2. The Bertz CT molecular complexity index is 1570. The van der Waals surface area contributed by atoms with E-state index in [0.29, 0.717) is 73.2 Å². The molecule has 2 N–H and O–H groups in total. The molecular weight excluding hydrogens is 761 g/mol. The average Bonchev–Trinajstić information content (AvgIpc) is 3.81. The molecule has 5 aliphatic carbocycles. The first-order valence-electron chi connectivity index (χ1n) is 21.0. The molecule has 0 radical (unpaired) electrons. The normalized spacial score (nSPS) is 34.8. The molecule has 0 aromatic rings. The van der Waals surface area contributed by atoms with Gasteiger partial charge in [-0.25, -0.2) is 0 Å². The Morgan fingerprint density at radius 2 is 0.963 bits per heavy atom. The van der Waals surface area contributed by atoms with Gasteiger partial charge < -0.3 is 9.80 Å². The second kappa shape index (κ2) is 18.1. The predicted molar refractivity (Wildman–Crippen MR) is 220 cm³/mol. The first-order chi connectivity index (χ1) is 25.9. The second-order valence-corrected chi connectivity index (χ2v) is 22.9. The summed E-state index contributed by atoms with van der Waals surface area (Å²) >= 11 is 3.76. The zero-order valence-electron chi connectivity index (χ0n) is 31.9. The molecule has 6 unspecified atom stereocenters. The zero-order chi connectivity index (χ0) is 37.9. The molecular formula is C41H62N2O7S4. The van der Waals surface area contributed by atoms with E-state index < -0.39 is 20.2 Å². The lowest BCUT2D eigenvalue weighted by molar-refractivity contribution is -0.111. The summed E-state index contributed by atoms with van der Waals surface area (Å²) in [5.41, 5.74) is 1.60. The summed E-state index contributed by atoms with van der Waals surface area (Å²) < 4.78 is 65.3. The Morgan fingerprint density at radius 3 is 1.35 bits per heavy atom. The highest BCUT2D eigenvalue weighted by molar-refractivity contribution is 8.04. The Hall–Kier alpha value is -1.25. The fourth-order valence-corrected chi connectivity index (χ4v) is 15.1. The Morgan fingerprint density at radius 1 is 0.556 bits per heavy atom. The third-order valence-corrected chi connectivity index (χ3v) is 18.4. The van der Waals surface area contributed by atoms with Crippen LogP contribution < -0.4 is 0 Å². The van der Waals surface area contributed by atoms with Gasteiger partial charge >= 0.3 is 0 Å². The van der Waals surface area contributed by atoms with Crippen molar-refractivity contribution in [2.45, 2.75) is 151 Å². The molecule has 6 atom stereocenters. The fraction of sp³-hybridized carbons (Fsp3) is 0.780. The lowest BCUT2D eigenvalue weighted by Crippen LogP contribution is -2.41. The maximum absolute atomic E-state index is 13.8. The Balaban J connectivity index is 1.05. The Kier molecular flexibility index (Phi) is 13.7. The average molecular weight is 823 g/mol. The van der Waals surface area contributed by atoms with Gasteiger partial charge in [-0.15, -0.1) is 23.5 Å². The van der Waals surface area contributed by atoms with Gasteiger partial charge in [-0.2, -0.15) is 16.8 Å². The van der Waals surface area contributed by atoms with Crippen LogP contribution >= 0.6 is 23.5 Å². The van der Waals surface area contributed by atoms with Crippen molar-refractivity contribution < 1.29 is 30.7 Å². The van der Waals surface area contributed by atoms with Crippen LogP contribution in [0.3, 0.4) is 0 Å². The van der Waals surface area contributed by atoms with Crippen LogP contribution in [-0.4, -0.2) is 88.7 Å². The number of hydrogen-bond acceptors (Lipinski definition) is 9. The first-order valence-corrected chi connectivity index (χ1v) is 26.0. The van der Waals surface area contributed by atoms with E-state index in [-0.39, 0.29) is 17.3 Å². The number of Topliss-reactive ketones (excluding diaryl/α,β-unsaturated/α-hetero) is 1. The second-order valence-electron chi connectivity index (χ2n) is 17.3. The van der Waals surface area contributed by atoms with Crippen molar-refractivity contribution in [2.75, 3.05) is 24.6 Å². The molecule has 0 aromatic heterocycles. The number of fused-ring (bicyclic) bond motifs is 2. The number of ketones is 1. The van der Waals surface area contributed by atoms with Gasteiger partial charge in [-0.05, 0) is 100 Å². The van der Waals surface area contributed by atoms with Gasteiger partial charge in [0.2, 0.25) is 0 Å². The summed E-state index contributed by atoms with van der Waals surface area (Å²) in [7, 11) is -8.06. The van der Waals surface area contributed by atoms with E-state index >= 15 is 0 Å². The molecule has 0 spiro atoms. The molecule has 9 nitrogen and oxygen atoms in total. The van der Waals surface area contributed by atoms with Crippen molar-refractivity contribution in [1.29, 1.82) is 0 Å². The third-order valence-electron chi connectivity index (χ3n) is 13.8. The molecule has 54 heavy (non-hydrogen) atoms. The molecule has 7 rings (SSSR count). The van der Waals surface area contributed by atoms with Crippen LogP contribution in [0.15, 0.2) is 45.5 Å². The fourth-order valence-electron chi connectivity index (χ4n) is 11.1. The highest BCUT2D eigenvalue weighted by Crippen LogP contribution is 2.51. The number of nitrogens with zero attached hydrogens (tertiary/aromatic N) is 2. The van der Waals surface area contributed by atoms with E-state index in [4.69, 9.17) is 0 Å². The molecule has 302 valence electrons. The first kappa shape index (κ1) is 40.9. The minimum Gasteiger partial charge on any atom is -0.362 e. The van der Waals surface area contributed by atoms with Gasteiger partial charge in [0.15, 0.2) is 5.78 Å². The lowest BCUT2D eigenvalue weighted by Gasteiger charge is -2.40. The van der Waals surface area contributed by atoms with Gasteiger partial charge in [-0.3, -0.25) is 13.9 Å². The molecule has 0 bridgehead atoms. The molecule has 7 fully saturated rings. The maximum Gasteiger partial charge on any atom is 0.264 e. The van der Waals surface area contributed by atoms with E-state index in [1.807, 2.05) is 35.7 Å². The Labute approximate surface area is 333 Å². The van der Waals surface area contributed by atoms with Crippen molar-refractivity contribution >= 4 is 49.5 Å². The van der Waals surface area contributed by atoms with Crippen LogP contribution in [0.2, 0.25) is 0 Å². The van der Waals surface area contributed by atoms with Gasteiger partial charge in [0, 0.05) is 46.8 Å². The van der Waals surface area contributed by atoms with Gasteiger partial charge in [0.25, 0.3) is 20.2 Å². The summed E-state index contributed by atoms with van der Waals surface area (Å²) in [6.07, 6.45) is 30.7. The minimum absolute atomic E-state index is 0.0788. The van der Waals surface area contributed by atoms with Gasteiger partial charge in [0.1, 0.15) is 0 Å². The molecule has 7 aliphatic rings. The van der Waals surface area contributed by atoms with Crippen molar-refractivity contribution in [2.24, 2.45) is 23.7 Å². The number of allylic oxidation sites excluding steroid dienone is 6. The van der Waals surface area contributed by atoms with Crippen molar-refractivity contribution in [3.63, 3.8) is 0 Å². The van der Waals surface area contributed by atoms with Crippen LogP contribution in [0, 0.1) is 23.7 Å². The quantitative estimate of drug-likeness (QED) is 0.145. The van der Waals surface area contributed by atoms with Crippen LogP contribution in [0.25, 0.3) is 0 Å². The van der Waals surface area contributed by atoms with Crippen molar-refractivity contribution in [3.05, 3.63) is 45.5 Å². The molecule has 0 amide bonds. The molecule has 13 heteroatoms. The number of hydrogen-bond donors (Lipinski definition) is 2. The molecule has 2 saturated heterocycles. The van der Waals surface area contributed by atoms with Crippen LogP contribution in [0.4, 0.5) is 0 Å². The van der Waals surface area contributed by atoms with Crippen LogP contribution in [0.1, 0.15) is 128 Å². The zero-order valence-corrected chi connectivity index (χ0v) is 35.1. The standard InChI is InChI=1S/C41H62N2O7S4/c44-41-31(17-21-39-42(23-7-25-53(45,46)47)35-27-33(15-19-37(35)51-39)29-9-3-1-4-10-29)13-14-32(41)18-22-40-43(24-8-26-54(48,49)50)36-28-34(16-20-38(36)52-40)30-11-5-2-6-12-30/h17-18,21-22,29-30,33-38H,1-16,19-20,23-28H2,(H,45,46,47)(H,48,49,50)/b31-17+,32-18+,39-21-,40-22-. The van der Waals surface area contributed by atoms with Crippen molar-refractivity contribution in [3.8, 4) is 0 Å². The van der Waals surface area contributed by atoms with Gasteiger partial charge in [-0.1, -0.05) is 76.4 Å². The third kappa shape index (κ3) is 10.4. The summed E-state index contributed by atoms with van der Waals surface area (Å²) in [4.78, 5) is 18.5. The number of rotatable bonds is 12. The highest BCUT2D eigenvalue weighted by Gasteiger charge is 2.45. The maximum atomic E-state index is 13.8. The highest BCUT2D eigenvalue weighted by atomic mass is 32.2. The monoisotopic (exact) mass is 822 g/mol. The van der Waals surface area contributed by atoms with E-state index in [2.05, 4.69) is 22.0 Å². The topological polar surface area (TPSA) is 132 Å².